The topological polar surface area (TPSA) is 126 Å². The molecular formula is C34H31F3N4O5S2. The lowest BCUT2D eigenvalue weighted by Gasteiger charge is -2.31. The number of carboxylic acid groups (broad SMARTS) is 1. The van der Waals surface area contributed by atoms with E-state index in [1.54, 1.807) is 29.7 Å². The molecule has 0 unspecified atom stereocenters. The van der Waals surface area contributed by atoms with E-state index in [0.29, 0.717) is 17.9 Å². The van der Waals surface area contributed by atoms with E-state index in [2.05, 4.69) is 21.9 Å². The Bertz CT molecular complexity index is 1880. The number of nitrogens with one attached hydrogen (secondary N) is 1. The van der Waals surface area contributed by atoms with Crippen LogP contribution in [0.3, 0.4) is 0 Å². The molecule has 1 fully saturated rings. The summed E-state index contributed by atoms with van der Waals surface area (Å²) in [5, 5.41) is 19.4. The third-order valence-electron chi connectivity index (χ3n) is 7.83. The van der Waals surface area contributed by atoms with Crippen molar-refractivity contribution in [1.82, 2.24) is 20.4 Å². The average Bonchev–Trinajstić information content (AvgIpc) is 3.86. The third-order valence-corrected chi connectivity index (χ3v) is 9.71. The molecule has 1 aliphatic rings. The molecule has 2 amide bonds. The summed E-state index contributed by atoms with van der Waals surface area (Å²) >= 11 is 3.31. The van der Waals surface area contributed by atoms with Crippen LogP contribution < -0.4 is 5.32 Å². The second-order valence-electron chi connectivity index (χ2n) is 11.0. The van der Waals surface area contributed by atoms with E-state index in [-0.39, 0.29) is 11.8 Å². The molecule has 0 aliphatic carbocycles. The number of piperidine rings is 1. The first-order valence-electron chi connectivity index (χ1n) is 14.9. The molecule has 6 rings (SSSR count). The number of carboxylic acids is 1. The van der Waals surface area contributed by atoms with Crippen molar-refractivity contribution in [2.75, 3.05) is 20.1 Å². The van der Waals surface area contributed by atoms with Crippen LogP contribution in [0.1, 0.15) is 44.8 Å². The zero-order valence-corrected chi connectivity index (χ0v) is 27.5. The predicted molar refractivity (Wildman–Crippen MR) is 177 cm³/mol. The highest BCUT2D eigenvalue weighted by Crippen LogP contribution is 2.39. The Hall–Kier alpha value is -4.82. The van der Waals surface area contributed by atoms with E-state index >= 15 is 0 Å². The lowest BCUT2D eigenvalue weighted by molar-refractivity contribution is -0.192. The molecule has 0 bridgehead atoms. The quantitative estimate of drug-likeness (QED) is 0.181. The molecule has 3 aromatic heterocycles. The highest BCUT2D eigenvalue weighted by molar-refractivity contribution is 7.10. The molecule has 2 aromatic carbocycles. The van der Waals surface area contributed by atoms with E-state index in [0.717, 1.165) is 75.2 Å². The van der Waals surface area contributed by atoms with Gasteiger partial charge in [0.25, 0.3) is 5.91 Å². The highest BCUT2D eigenvalue weighted by atomic mass is 32.1. The number of rotatable bonds is 7. The Morgan fingerprint density at radius 2 is 1.69 bits per heavy atom. The molecule has 0 saturated carbocycles. The van der Waals surface area contributed by atoms with Crippen molar-refractivity contribution < 1.29 is 37.2 Å². The van der Waals surface area contributed by atoms with E-state index in [1.807, 2.05) is 71.8 Å². The summed E-state index contributed by atoms with van der Waals surface area (Å²) in [5.74, 6) is -1.59. The van der Waals surface area contributed by atoms with Crippen LogP contribution in [-0.4, -0.2) is 64.2 Å². The Morgan fingerprint density at radius 1 is 1.00 bits per heavy atom. The SMILES string of the molecule is CNC(=O)c1ccc(-c2cccc(-c3noc(C)c3-c3csc(C4CCN(C(=O)Cc5cccs5)CC4)n3)c2)cc1.O=C(O)C(F)(F)F. The molecule has 14 heteroatoms. The van der Waals surface area contributed by atoms with Gasteiger partial charge in [-0.25, -0.2) is 9.78 Å². The van der Waals surface area contributed by atoms with Gasteiger partial charge in [-0.05, 0) is 60.5 Å². The second kappa shape index (κ2) is 14.9. The molecular weight excluding hydrogens is 666 g/mol. The molecule has 2 N–H and O–H groups in total. The number of hydrogen-bond acceptors (Lipinski definition) is 8. The van der Waals surface area contributed by atoms with Gasteiger partial charge in [0.1, 0.15) is 11.5 Å². The van der Waals surface area contributed by atoms with Crippen molar-refractivity contribution in [3.8, 4) is 33.6 Å². The minimum Gasteiger partial charge on any atom is -0.475 e. The Kier molecular flexibility index (Phi) is 10.7. The van der Waals surface area contributed by atoms with Gasteiger partial charge in [-0.15, -0.1) is 22.7 Å². The van der Waals surface area contributed by atoms with Crippen molar-refractivity contribution in [3.05, 3.63) is 92.6 Å². The van der Waals surface area contributed by atoms with Gasteiger partial charge in [0.2, 0.25) is 5.91 Å². The number of aromatic nitrogens is 2. The van der Waals surface area contributed by atoms with E-state index in [4.69, 9.17) is 19.4 Å². The van der Waals surface area contributed by atoms with Crippen LogP contribution in [0.4, 0.5) is 13.2 Å². The maximum absolute atomic E-state index is 12.7. The minimum atomic E-state index is -5.08. The molecule has 48 heavy (non-hydrogen) atoms. The largest absolute Gasteiger partial charge is 0.490 e. The van der Waals surface area contributed by atoms with Gasteiger partial charge in [0, 0.05) is 47.4 Å². The first-order valence-corrected chi connectivity index (χ1v) is 16.7. The highest BCUT2D eigenvalue weighted by Gasteiger charge is 2.38. The van der Waals surface area contributed by atoms with Gasteiger partial charge in [-0.3, -0.25) is 9.59 Å². The normalized spacial score (nSPS) is 13.5. The predicted octanol–water partition coefficient (Wildman–Crippen LogP) is 7.44. The monoisotopic (exact) mass is 696 g/mol. The Morgan fingerprint density at radius 3 is 2.31 bits per heavy atom. The lowest BCUT2D eigenvalue weighted by atomic mass is 9.97. The van der Waals surface area contributed by atoms with Crippen LogP contribution in [0.5, 0.6) is 0 Å². The van der Waals surface area contributed by atoms with Crippen LogP contribution in [0, 0.1) is 6.92 Å². The first kappa shape index (κ1) is 34.5. The zero-order valence-electron chi connectivity index (χ0n) is 25.9. The van der Waals surface area contributed by atoms with Crippen molar-refractivity contribution in [2.45, 2.75) is 38.3 Å². The molecule has 1 aliphatic heterocycles. The van der Waals surface area contributed by atoms with E-state index < -0.39 is 12.1 Å². The van der Waals surface area contributed by atoms with Gasteiger partial charge in [0.05, 0.1) is 22.7 Å². The summed E-state index contributed by atoms with van der Waals surface area (Å²) in [6, 6.07) is 19.7. The molecule has 250 valence electrons. The maximum atomic E-state index is 12.7. The van der Waals surface area contributed by atoms with Gasteiger partial charge in [-0.2, -0.15) is 13.2 Å². The number of alkyl halides is 3. The molecule has 5 aromatic rings. The molecule has 9 nitrogen and oxygen atoms in total. The summed E-state index contributed by atoms with van der Waals surface area (Å²) in [7, 11) is 1.63. The summed E-state index contributed by atoms with van der Waals surface area (Å²) < 4.78 is 37.4. The smallest absolute Gasteiger partial charge is 0.475 e. The fraction of sp³-hybridized carbons (Fsp3) is 0.265. The molecule has 0 spiro atoms. The van der Waals surface area contributed by atoms with Crippen LogP contribution in [0.15, 0.2) is 75.9 Å². The summed E-state index contributed by atoms with van der Waals surface area (Å²) in [5.41, 5.74) is 6.14. The second-order valence-corrected chi connectivity index (χ2v) is 12.9. The van der Waals surface area contributed by atoms with Gasteiger partial charge >= 0.3 is 12.1 Å². The number of thiophene rings is 1. The summed E-state index contributed by atoms with van der Waals surface area (Å²) in [6.07, 6.45) is -2.76. The van der Waals surface area contributed by atoms with Crippen molar-refractivity contribution in [1.29, 1.82) is 0 Å². The summed E-state index contributed by atoms with van der Waals surface area (Å²) in [6.45, 7) is 3.44. The lowest BCUT2D eigenvalue weighted by Crippen LogP contribution is -2.38. The maximum Gasteiger partial charge on any atom is 0.490 e. The van der Waals surface area contributed by atoms with Crippen LogP contribution in [0.2, 0.25) is 0 Å². The van der Waals surface area contributed by atoms with E-state index in [1.165, 1.54) is 0 Å². The molecule has 0 radical (unpaired) electrons. The number of halogens is 3. The van der Waals surface area contributed by atoms with Gasteiger partial charge in [-0.1, -0.05) is 41.6 Å². The number of amides is 2. The van der Waals surface area contributed by atoms with Crippen molar-refractivity contribution >= 4 is 40.5 Å². The zero-order chi connectivity index (χ0) is 34.4. The number of aryl methyl sites for hydroxylation is 1. The first-order chi connectivity index (χ1) is 22.9. The standard InChI is InChI=1S/C32H30N4O3S2.C2HF3O2/c1-20-29(27-19-41-32(34-27)23-12-14-36(15-13-23)28(37)18-26-7-4-16-40-26)30(35-39-20)25-6-3-5-24(17-25)21-8-10-22(11-9-21)31(38)33-2;3-2(4,5)1(6)7/h3-11,16-17,19,23H,12-15,18H2,1-2H3,(H,33,38);(H,6,7). The van der Waals surface area contributed by atoms with Gasteiger partial charge < -0.3 is 19.8 Å². The van der Waals surface area contributed by atoms with Crippen molar-refractivity contribution in [3.63, 3.8) is 0 Å². The van der Waals surface area contributed by atoms with Crippen LogP contribution in [-0.2, 0) is 16.0 Å². The van der Waals surface area contributed by atoms with E-state index in [9.17, 15) is 22.8 Å². The number of benzene rings is 2. The Labute approximate surface area is 282 Å². The van der Waals surface area contributed by atoms with Gasteiger partial charge in [0.15, 0.2) is 0 Å². The fourth-order valence-electron chi connectivity index (χ4n) is 5.32. The summed E-state index contributed by atoms with van der Waals surface area (Å²) in [4.78, 5) is 41.7. The minimum absolute atomic E-state index is 0.108. The molecule has 1 saturated heterocycles. The number of aliphatic carboxylic acids is 1. The number of carbonyl (C=O) groups is 3. The van der Waals surface area contributed by atoms with Crippen LogP contribution in [0.25, 0.3) is 33.6 Å². The molecule has 4 heterocycles. The molecule has 0 atom stereocenters. The number of nitrogens with zero attached hydrogens (tertiary/aromatic N) is 3. The van der Waals surface area contributed by atoms with Crippen molar-refractivity contribution in [2.24, 2.45) is 0 Å². The number of hydrogen-bond donors (Lipinski definition) is 2. The fourth-order valence-corrected chi connectivity index (χ4v) is 6.99. The average molecular weight is 697 g/mol. The van der Waals surface area contributed by atoms with Crippen LogP contribution >= 0.6 is 22.7 Å². The number of thiazole rings is 1. The number of likely N-dealkylation sites (tertiary alicyclic amines) is 1. The number of carbonyl (C=O) groups excluding carboxylic acids is 2. The Balaban J connectivity index is 0.000000582. The third kappa shape index (κ3) is 8.17.